The second kappa shape index (κ2) is 6.74. The average molecular weight is 351 g/mol. The maximum Gasteiger partial charge on any atom is 0.107 e. The van der Waals surface area contributed by atoms with E-state index in [9.17, 15) is 0 Å². The molecule has 1 fully saturated rings. The molecule has 0 unspecified atom stereocenters. The van der Waals surface area contributed by atoms with Crippen LogP contribution in [0.4, 0.5) is 0 Å². The van der Waals surface area contributed by atoms with Crippen molar-refractivity contribution in [3.63, 3.8) is 0 Å². The van der Waals surface area contributed by atoms with Gasteiger partial charge in [0.25, 0.3) is 0 Å². The minimum absolute atomic E-state index is 0.510. The van der Waals surface area contributed by atoms with E-state index in [0.29, 0.717) is 5.41 Å². The molecular formula is C14H21BrClNS. The van der Waals surface area contributed by atoms with Gasteiger partial charge in [-0.15, -0.1) is 11.3 Å². The van der Waals surface area contributed by atoms with Crippen LogP contribution in [0.25, 0.3) is 0 Å². The molecule has 1 aromatic heterocycles. The third-order valence-electron chi connectivity index (χ3n) is 4.19. The highest BCUT2D eigenvalue weighted by Gasteiger charge is 2.30. The van der Waals surface area contributed by atoms with Crippen molar-refractivity contribution in [2.45, 2.75) is 51.4 Å². The Morgan fingerprint density at radius 2 is 2.00 bits per heavy atom. The molecule has 1 aromatic rings. The van der Waals surface area contributed by atoms with Crippen molar-refractivity contribution in [3.8, 4) is 0 Å². The predicted molar refractivity (Wildman–Crippen MR) is 84.5 cm³/mol. The van der Waals surface area contributed by atoms with E-state index in [4.69, 9.17) is 17.3 Å². The van der Waals surface area contributed by atoms with Crippen LogP contribution in [0.5, 0.6) is 0 Å². The van der Waals surface area contributed by atoms with Crippen molar-refractivity contribution in [1.82, 2.24) is 0 Å². The number of nitrogens with two attached hydrogens (primary N) is 1. The van der Waals surface area contributed by atoms with Crippen molar-refractivity contribution in [1.29, 1.82) is 0 Å². The van der Waals surface area contributed by atoms with Gasteiger partial charge in [0.15, 0.2) is 0 Å². The molecular weight excluding hydrogens is 330 g/mol. The molecule has 1 aliphatic carbocycles. The van der Waals surface area contributed by atoms with E-state index in [2.05, 4.69) is 22.0 Å². The van der Waals surface area contributed by atoms with Gasteiger partial charge in [-0.3, -0.25) is 0 Å². The first-order valence-electron chi connectivity index (χ1n) is 6.79. The smallest absolute Gasteiger partial charge is 0.107 e. The topological polar surface area (TPSA) is 26.0 Å². The lowest BCUT2D eigenvalue weighted by atomic mass is 9.69. The summed E-state index contributed by atoms with van der Waals surface area (Å²) < 4.78 is 1.92. The molecule has 0 bridgehead atoms. The van der Waals surface area contributed by atoms with E-state index < -0.39 is 0 Å². The van der Waals surface area contributed by atoms with Crippen molar-refractivity contribution in [3.05, 3.63) is 19.8 Å². The molecule has 0 atom stereocenters. The Bertz CT molecular complexity index is 360. The third kappa shape index (κ3) is 3.72. The Balaban J connectivity index is 1.96. The van der Waals surface area contributed by atoms with Gasteiger partial charge in [0, 0.05) is 9.35 Å². The summed E-state index contributed by atoms with van der Waals surface area (Å²) in [6.45, 7) is 0.828. The second-order valence-corrected chi connectivity index (χ2v) is 8.03. The summed E-state index contributed by atoms with van der Waals surface area (Å²) in [5, 5.41) is 0. The van der Waals surface area contributed by atoms with E-state index in [1.54, 1.807) is 11.3 Å². The zero-order valence-corrected chi connectivity index (χ0v) is 13.8. The first kappa shape index (κ1) is 14.8. The minimum Gasteiger partial charge on any atom is -0.330 e. The molecule has 0 amide bonds. The molecule has 18 heavy (non-hydrogen) atoms. The summed E-state index contributed by atoms with van der Waals surface area (Å²) in [6.07, 6.45) is 10.5. The molecule has 0 aliphatic heterocycles. The second-order valence-electron chi connectivity index (χ2n) is 5.43. The Morgan fingerprint density at radius 1 is 1.28 bits per heavy atom. The molecule has 0 radical (unpaired) electrons. The van der Waals surface area contributed by atoms with Gasteiger partial charge in [-0.2, -0.15) is 0 Å². The monoisotopic (exact) mass is 349 g/mol. The first-order valence-corrected chi connectivity index (χ1v) is 8.78. The Hall–Kier alpha value is 0.430. The van der Waals surface area contributed by atoms with Crippen LogP contribution in [-0.2, 0) is 6.42 Å². The summed E-state index contributed by atoms with van der Waals surface area (Å²) in [6, 6.07) is 2.17. The summed E-state index contributed by atoms with van der Waals surface area (Å²) in [5.74, 6) is 0. The van der Waals surface area contributed by atoms with Crippen molar-refractivity contribution in [2.75, 3.05) is 6.54 Å². The van der Waals surface area contributed by atoms with E-state index in [0.717, 1.165) is 21.8 Å². The molecule has 0 spiro atoms. The molecule has 1 nitrogen and oxygen atoms in total. The molecule has 2 rings (SSSR count). The van der Waals surface area contributed by atoms with Crippen LogP contribution in [-0.4, -0.2) is 6.54 Å². The lowest BCUT2D eigenvalue weighted by molar-refractivity contribution is 0.161. The van der Waals surface area contributed by atoms with Crippen molar-refractivity contribution < 1.29 is 0 Å². The Labute approximate surface area is 127 Å². The van der Waals surface area contributed by atoms with Gasteiger partial charge < -0.3 is 5.73 Å². The lowest BCUT2D eigenvalue weighted by Crippen LogP contribution is -2.27. The molecule has 0 aromatic carbocycles. The van der Waals surface area contributed by atoms with Crippen molar-refractivity contribution in [2.24, 2.45) is 11.1 Å². The van der Waals surface area contributed by atoms with Gasteiger partial charge in [-0.1, -0.05) is 30.9 Å². The average Bonchev–Trinajstić information content (AvgIpc) is 2.68. The zero-order valence-electron chi connectivity index (χ0n) is 10.7. The fraction of sp³-hybridized carbons (Fsp3) is 0.714. The number of aryl methyl sites for hydroxylation is 1. The normalized spacial score (nSPS) is 19.1. The number of hydrogen-bond donors (Lipinski definition) is 1. The molecule has 2 N–H and O–H groups in total. The molecule has 0 saturated heterocycles. The van der Waals surface area contributed by atoms with Crippen LogP contribution in [0.15, 0.2) is 10.5 Å². The molecule has 1 saturated carbocycles. The molecule has 102 valence electrons. The highest BCUT2D eigenvalue weighted by atomic mass is 79.9. The highest BCUT2D eigenvalue weighted by molar-refractivity contribution is 9.10. The van der Waals surface area contributed by atoms with Gasteiger partial charge in [0.1, 0.15) is 4.34 Å². The third-order valence-corrected chi connectivity index (χ3v) is 6.72. The van der Waals surface area contributed by atoms with Crippen LogP contribution in [0, 0.1) is 5.41 Å². The summed E-state index contributed by atoms with van der Waals surface area (Å²) in [4.78, 5) is 1.40. The van der Waals surface area contributed by atoms with E-state index >= 15 is 0 Å². The lowest BCUT2D eigenvalue weighted by Gasteiger charge is -2.37. The Morgan fingerprint density at radius 3 is 2.56 bits per heavy atom. The minimum atomic E-state index is 0.510. The first-order chi connectivity index (χ1) is 8.65. The van der Waals surface area contributed by atoms with Crippen LogP contribution in [0.2, 0.25) is 4.34 Å². The van der Waals surface area contributed by atoms with Crippen LogP contribution in [0.1, 0.15) is 49.8 Å². The van der Waals surface area contributed by atoms with Crippen molar-refractivity contribution >= 4 is 38.9 Å². The van der Waals surface area contributed by atoms with Gasteiger partial charge in [0.05, 0.1) is 0 Å². The van der Waals surface area contributed by atoms with E-state index in [1.165, 1.54) is 49.8 Å². The fourth-order valence-electron chi connectivity index (χ4n) is 3.14. The number of rotatable bonds is 5. The standard InChI is InChI=1S/C14H21BrClNS/c15-12-10-11(18-13(12)16)4-7-14(8-9-17)5-2-1-3-6-14/h10H,1-9,17H2. The fourth-order valence-corrected chi connectivity index (χ4v) is 4.93. The largest absolute Gasteiger partial charge is 0.330 e. The molecule has 1 aliphatic rings. The maximum absolute atomic E-state index is 6.10. The van der Waals surface area contributed by atoms with Gasteiger partial charge in [0.2, 0.25) is 0 Å². The van der Waals surface area contributed by atoms with Crippen LogP contribution >= 0.6 is 38.9 Å². The quantitative estimate of drug-likeness (QED) is 0.756. The molecule has 4 heteroatoms. The van der Waals surface area contributed by atoms with Crippen LogP contribution in [0.3, 0.4) is 0 Å². The number of hydrogen-bond acceptors (Lipinski definition) is 2. The van der Waals surface area contributed by atoms with Gasteiger partial charge >= 0.3 is 0 Å². The van der Waals surface area contributed by atoms with Gasteiger partial charge in [-0.05, 0) is 66.1 Å². The summed E-state index contributed by atoms with van der Waals surface area (Å²) in [7, 11) is 0. The van der Waals surface area contributed by atoms with E-state index in [-0.39, 0.29) is 0 Å². The SMILES string of the molecule is NCCC1(CCc2cc(Br)c(Cl)s2)CCCCC1. The summed E-state index contributed by atoms with van der Waals surface area (Å²) >= 11 is 11.3. The highest BCUT2D eigenvalue weighted by Crippen LogP contribution is 2.43. The number of halogens is 2. The van der Waals surface area contributed by atoms with Gasteiger partial charge in [-0.25, -0.2) is 0 Å². The zero-order chi connectivity index (χ0) is 13.0. The Kier molecular flexibility index (Phi) is 5.55. The maximum atomic E-state index is 6.10. The number of thiophene rings is 1. The summed E-state index contributed by atoms with van der Waals surface area (Å²) in [5.41, 5.74) is 6.33. The predicted octanol–water partition coefficient (Wildman–Crippen LogP) is 5.40. The molecule has 1 heterocycles. The van der Waals surface area contributed by atoms with E-state index in [1.807, 2.05) is 0 Å². The van der Waals surface area contributed by atoms with Crippen LogP contribution < -0.4 is 5.73 Å².